The molecule has 0 heterocycles. The van der Waals surface area contributed by atoms with Gasteiger partial charge in [0.05, 0.1) is 5.92 Å². The van der Waals surface area contributed by atoms with Gasteiger partial charge in [0.1, 0.15) is 0 Å². The summed E-state index contributed by atoms with van der Waals surface area (Å²) in [7, 11) is 0. The number of carboxylic acid groups (broad SMARTS) is 1. The minimum atomic E-state index is -0.615. The van der Waals surface area contributed by atoms with E-state index >= 15 is 0 Å². The van der Waals surface area contributed by atoms with E-state index in [1.807, 2.05) is 0 Å². The van der Waals surface area contributed by atoms with Crippen molar-refractivity contribution < 1.29 is 9.90 Å². The highest BCUT2D eigenvalue weighted by molar-refractivity contribution is 5.73. The zero-order valence-corrected chi connectivity index (χ0v) is 11.2. The van der Waals surface area contributed by atoms with E-state index in [2.05, 4.69) is 38.1 Å². The number of aliphatic carboxylic acids is 1. The van der Waals surface area contributed by atoms with Crippen LogP contribution < -0.4 is 0 Å². The monoisotopic (exact) mass is 246 g/mol. The van der Waals surface area contributed by atoms with E-state index in [4.69, 9.17) is 5.11 Å². The van der Waals surface area contributed by atoms with Crippen molar-refractivity contribution in [3.63, 3.8) is 0 Å². The van der Waals surface area contributed by atoms with E-state index in [0.717, 1.165) is 25.7 Å². The summed E-state index contributed by atoms with van der Waals surface area (Å²) in [5.74, 6) is 0.230. The Morgan fingerprint density at radius 1 is 1.33 bits per heavy atom. The lowest BCUT2D eigenvalue weighted by Crippen LogP contribution is -2.04. The van der Waals surface area contributed by atoms with Gasteiger partial charge in [-0.15, -0.1) is 0 Å². The van der Waals surface area contributed by atoms with Crippen LogP contribution in [0.4, 0.5) is 0 Å². The zero-order valence-electron chi connectivity index (χ0n) is 11.2. The fraction of sp³-hybridized carbons (Fsp3) is 0.562. The minimum absolute atomic E-state index is 0.0750. The third-order valence-electron chi connectivity index (χ3n) is 4.18. The summed E-state index contributed by atoms with van der Waals surface area (Å²) in [6.07, 6.45) is 4.06. The van der Waals surface area contributed by atoms with Crippen molar-refractivity contribution in [3.8, 4) is 0 Å². The van der Waals surface area contributed by atoms with Crippen molar-refractivity contribution in [2.45, 2.75) is 45.4 Å². The van der Waals surface area contributed by atoms with Gasteiger partial charge in [0.25, 0.3) is 0 Å². The molecule has 2 rings (SSSR count). The van der Waals surface area contributed by atoms with Gasteiger partial charge in [-0.05, 0) is 48.6 Å². The molecule has 0 bridgehead atoms. The van der Waals surface area contributed by atoms with Crippen molar-refractivity contribution in [2.24, 2.45) is 11.8 Å². The maximum atomic E-state index is 10.9. The van der Waals surface area contributed by atoms with Gasteiger partial charge in [0.15, 0.2) is 0 Å². The summed E-state index contributed by atoms with van der Waals surface area (Å²) < 4.78 is 0. The second kappa shape index (κ2) is 5.55. The molecule has 3 atom stereocenters. The topological polar surface area (TPSA) is 37.3 Å². The van der Waals surface area contributed by atoms with E-state index < -0.39 is 5.97 Å². The summed E-state index contributed by atoms with van der Waals surface area (Å²) in [6.45, 7) is 4.35. The number of hydrogen-bond acceptors (Lipinski definition) is 1. The number of hydrogen-bond donors (Lipinski definition) is 1. The van der Waals surface area contributed by atoms with Gasteiger partial charge in [0, 0.05) is 0 Å². The molecule has 98 valence electrons. The van der Waals surface area contributed by atoms with Crippen molar-refractivity contribution in [2.75, 3.05) is 0 Å². The van der Waals surface area contributed by atoms with Crippen molar-refractivity contribution >= 4 is 5.97 Å². The average molecular weight is 246 g/mol. The molecule has 0 spiro atoms. The van der Waals surface area contributed by atoms with Crippen LogP contribution in [0.2, 0.25) is 0 Å². The Morgan fingerprint density at radius 3 is 2.44 bits per heavy atom. The van der Waals surface area contributed by atoms with Crippen LogP contribution in [0, 0.1) is 11.8 Å². The lowest BCUT2D eigenvalue weighted by molar-refractivity contribution is -0.138. The van der Waals surface area contributed by atoms with E-state index in [9.17, 15) is 4.79 Å². The summed E-state index contributed by atoms with van der Waals surface area (Å²) in [4.78, 5) is 10.9. The molecule has 1 saturated carbocycles. The Morgan fingerprint density at radius 2 is 2.00 bits per heavy atom. The molecule has 1 aliphatic rings. The molecule has 2 heteroatoms. The average Bonchev–Trinajstić information content (AvgIpc) is 3.16. The molecule has 1 N–H and O–H groups in total. The number of rotatable bonds is 6. The summed E-state index contributed by atoms with van der Waals surface area (Å²) in [5, 5.41) is 8.95. The van der Waals surface area contributed by atoms with E-state index in [0.29, 0.717) is 11.8 Å². The van der Waals surface area contributed by atoms with Crippen LogP contribution in [-0.2, 0) is 11.2 Å². The quantitative estimate of drug-likeness (QED) is 0.827. The van der Waals surface area contributed by atoms with E-state index in [1.54, 1.807) is 0 Å². The fourth-order valence-corrected chi connectivity index (χ4v) is 2.74. The lowest BCUT2D eigenvalue weighted by atomic mass is 9.90. The zero-order chi connectivity index (χ0) is 13.1. The Balaban J connectivity index is 1.98. The highest BCUT2D eigenvalue weighted by atomic mass is 16.4. The maximum Gasteiger partial charge on any atom is 0.306 e. The van der Waals surface area contributed by atoms with Gasteiger partial charge in [-0.3, -0.25) is 4.79 Å². The Bertz CT molecular complexity index is 408. The predicted molar refractivity (Wildman–Crippen MR) is 72.7 cm³/mol. The molecule has 1 aliphatic carbocycles. The molecule has 2 nitrogen and oxygen atoms in total. The first kappa shape index (κ1) is 13.1. The molecule has 3 unspecified atom stereocenters. The second-order valence-corrected chi connectivity index (χ2v) is 5.38. The SMILES string of the molecule is CCc1ccc(C(CC)CC2CC2C(=O)O)cc1. The molecule has 18 heavy (non-hydrogen) atoms. The third-order valence-corrected chi connectivity index (χ3v) is 4.18. The number of benzene rings is 1. The van der Waals surface area contributed by atoms with Gasteiger partial charge in [-0.1, -0.05) is 38.1 Å². The third kappa shape index (κ3) is 2.92. The fourth-order valence-electron chi connectivity index (χ4n) is 2.74. The van der Waals surface area contributed by atoms with Gasteiger partial charge in [-0.2, -0.15) is 0 Å². The highest BCUT2D eigenvalue weighted by Gasteiger charge is 2.43. The van der Waals surface area contributed by atoms with Crippen LogP contribution in [0.1, 0.15) is 50.2 Å². The first-order chi connectivity index (χ1) is 8.65. The molecule has 1 aromatic rings. The van der Waals surface area contributed by atoms with Crippen LogP contribution in [-0.4, -0.2) is 11.1 Å². The van der Waals surface area contributed by atoms with Gasteiger partial charge < -0.3 is 5.11 Å². The maximum absolute atomic E-state index is 10.9. The highest BCUT2D eigenvalue weighted by Crippen LogP contribution is 2.45. The standard InChI is InChI=1S/C16H22O2/c1-3-11-5-7-13(8-6-11)12(4-2)9-14-10-15(14)16(17)18/h5-8,12,14-15H,3-4,9-10H2,1-2H3,(H,17,18). The smallest absolute Gasteiger partial charge is 0.306 e. The molecule has 1 fully saturated rings. The number of carbonyl (C=O) groups is 1. The van der Waals surface area contributed by atoms with Gasteiger partial charge in [-0.25, -0.2) is 0 Å². The first-order valence-electron chi connectivity index (χ1n) is 6.97. The van der Waals surface area contributed by atoms with Crippen LogP contribution in [0.3, 0.4) is 0 Å². The van der Waals surface area contributed by atoms with Crippen LogP contribution in [0.5, 0.6) is 0 Å². The predicted octanol–water partition coefficient (Wildman–Crippen LogP) is 3.85. The van der Waals surface area contributed by atoms with E-state index in [1.165, 1.54) is 11.1 Å². The van der Waals surface area contributed by atoms with Gasteiger partial charge in [0.2, 0.25) is 0 Å². The Hall–Kier alpha value is -1.31. The minimum Gasteiger partial charge on any atom is -0.481 e. The molecule has 0 radical (unpaired) electrons. The molecule has 0 amide bonds. The largest absolute Gasteiger partial charge is 0.481 e. The van der Waals surface area contributed by atoms with Crippen LogP contribution >= 0.6 is 0 Å². The molecule has 1 aromatic carbocycles. The number of carboxylic acids is 1. The molecular weight excluding hydrogens is 224 g/mol. The van der Waals surface area contributed by atoms with Crippen LogP contribution in [0.25, 0.3) is 0 Å². The van der Waals surface area contributed by atoms with Crippen molar-refractivity contribution in [1.82, 2.24) is 0 Å². The second-order valence-electron chi connectivity index (χ2n) is 5.38. The summed E-state index contributed by atoms with van der Waals surface area (Å²) in [5.41, 5.74) is 2.73. The first-order valence-corrected chi connectivity index (χ1v) is 6.97. The Kier molecular flexibility index (Phi) is 4.05. The summed E-state index contributed by atoms with van der Waals surface area (Å²) >= 11 is 0. The summed E-state index contributed by atoms with van der Waals surface area (Å²) in [6, 6.07) is 8.81. The Labute approximate surface area is 109 Å². The molecule has 0 aromatic heterocycles. The van der Waals surface area contributed by atoms with E-state index in [-0.39, 0.29) is 5.92 Å². The molecule has 0 aliphatic heterocycles. The molecule has 0 saturated heterocycles. The molecular formula is C16H22O2. The normalized spacial score (nSPS) is 23.7. The number of aryl methyl sites for hydroxylation is 1. The van der Waals surface area contributed by atoms with Gasteiger partial charge >= 0.3 is 5.97 Å². The van der Waals surface area contributed by atoms with Crippen molar-refractivity contribution in [1.29, 1.82) is 0 Å². The van der Waals surface area contributed by atoms with Crippen molar-refractivity contribution in [3.05, 3.63) is 35.4 Å². The van der Waals surface area contributed by atoms with Crippen LogP contribution in [0.15, 0.2) is 24.3 Å². The lowest BCUT2D eigenvalue weighted by Gasteiger charge is -2.15.